The molecule has 0 bridgehead atoms. The Hall–Kier alpha value is -2.12. The van der Waals surface area contributed by atoms with E-state index in [0.29, 0.717) is 6.61 Å². The van der Waals surface area contributed by atoms with Gasteiger partial charge in [-0.05, 0) is 42.5 Å². The summed E-state index contributed by atoms with van der Waals surface area (Å²) in [5, 5.41) is 18.1. The molecule has 0 atom stereocenters. The van der Waals surface area contributed by atoms with Crippen LogP contribution in [0.1, 0.15) is 38.3 Å². The Kier molecular flexibility index (Phi) is 11.3. The van der Waals surface area contributed by atoms with Gasteiger partial charge in [-0.25, -0.2) is 9.59 Å². The van der Waals surface area contributed by atoms with Crippen molar-refractivity contribution in [2.75, 3.05) is 33.4 Å². The quantitative estimate of drug-likeness (QED) is 0.477. The molecule has 0 spiro atoms. The summed E-state index contributed by atoms with van der Waals surface area (Å²) in [6.07, 6.45) is 1.04. The average molecular weight is 369 g/mol. The summed E-state index contributed by atoms with van der Waals surface area (Å²) in [5.41, 5.74) is 2.61. The number of carboxylic acids is 2. The lowest BCUT2D eigenvalue weighted by molar-refractivity contribution is -0.159. The summed E-state index contributed by atoms with van der Waals surface area (Å²) in [6.45, 7) is 12.1. The summed E-state index contributed by atoms with van der Waals surface area (Å²) < 4.78 is 11.0. The van der Waals surface area contributed by atoms with Crippen molar-refractivity contribution in [3.8, 4) is 5.75 Å². The standard InChI is InChI=1S/C17H29NO2.C2H2O4/c1-14-7-8-15(17(2,3)4)16(13-14)20-12-10-18-9-6-11-19-5;3-1(4)2(5)6/h7-8,13,18H,6,9-12H2,1-5H3;(H,3,4)(H,5,6). The molecule has 0 amide bonds. The minimum atomic E-state index is -1.82. The predicted octanol–water partition coefficient (Wildman–Crippen LogP) is 2.45. The molecular weight excluding hydrogens is 338 g/mol. The molecule has 7 nitrogen and oxygen atoms in total. The van der Waals surface area contributed by atoms with E-state index in [1.165, 1.54) is 11.1 Å². The number of carboxylic acid groups (broad SMARTS) is 2. The van der Waals surface area contributed by atoms with E-state index >= 15 is 0 Å². The first-order valence-electron chi connectivity index (χ1n) is 8.49. The first-order valence-corrected chi connectivity index (χ1v) is 8.49. The minimum absolute atomic E-state index is 0.106. The maximum Gasteiger partial charge on any atom is 0.414 e. The number of aliphatic carboxylic acids is 2. The molecule has 0 aromatic heterocycles. The van der Waals surface area contributed by atoms with Gasteiger partial charge in [-0.2, -0.15) is 0 Å². The van der Waals surface area contributed by atoms with Gasteiger partial charge in [0.1, 0.15) is 12.4 Å². The van der Waals surface area contributed by atoms with Crippen LogP contribution in [0, 0.1) is 6.92 Å². The van der Waals surface area contributed by atoms with Crippen LogP contribution in [0.25, 0.3) is 0 Å². The molecule has 7 heteroatoms. The highest BCUT2D eigenvalue weighted by Crippen LogP contribution is 2.31. The Balaban J connectivity index is 0.000000896. The molecule has 0 aliphatic heterocycles. The van der Waals surface area contributed by atoms with Crippen LogP contribution in [0.3, 0.4) is 0 Å². The zero-order chi connectivity index (χ0) is 20.2. The molecule has 148 valence electrons. The number of ether oxygens (including phenoxy) is 2. The van der Waals surface area contributed by atoms with Gasteiger partial charge >= 0.3 is 11.9 Å². The number of carbonyl (C=O) groups is 2. The van der Waals surface area contributed by atoms with Crippen molar-refractivity contribution in [2.24, 2.45) is 0 Å². The third kappa shape index (κ3) is 10.7. The van der Waals surface area contributed by atoms with Gasteiger partial charge < -0.3 is 25.0 Å². The number of benzene rings is 1. The van der Waals surface area contributed by atoms with Crippen LogP contribution in [-0.2, 0) is 19.7 Å². The lowest BCUT2D eigenvalue weighted by Gasteiger charge is -2.23. The van der Waals surface area contributed by atoms with Crippen molar-refractivity contribution in [3.05, 3.63) is 29.3 Å². The Morgan fingerprint density at radius 2 is 1.69 bits per heavy atom. The lowest BCUT2D eigenvalue weighted by atomic mass is 9.86. The summed E-state index contributed by atoms with van der Waals surface area (Å²) in [5.74, 6) is -2.64. The van der Waals surface area contributed by atoms with E-state index in [1.54, 1.807) is 7.11 Å². The highest BCUT2D eigenvalue weighted by molar-refractivity contribution is 6.27. The Bertz CT molecular complexity index is 554. The van der Waals surface area contributed by atoms with E-state index in [2.05, 4.69) is 51.2 Å². The van der Waals surface area contributed by atoms with E-state index < -0.39 is 11.9 Å². The number of nitrogens with one attached hydrogen (secondary N) is 1. The minimum Gasteiger partial charge on any atom is -0.492 e. The molecule has 0 heterocycles. The van der Waals surface area contributed by atoms with Gasteiger partial charge in [0.15, 0.2) is 0 Å². The summed E-state index contributed by atoms with van der Waals surface area (Å²) in [4.78, 5) is 18.2. The maximum atomic E-state index is 9.10. The number of hydrogen-bond acceptors (Lipinski definition) is 5. The average Bonchev–Trinajstić information content (AvgIpc) is 2.53. The van der Waals surface area contributed by atoms with Gasteiger partial charge in [0.25, 0.3) is 0 Å². The zero-order valence-electron chi connectivity index (χ0n) is 16.3. The monoisotopic (exact) mass is 369 g/mol. The van der Waals surface area contributed by atoms with E-state index in [0.717, 1.165) is 31.9 Å². The van der Waals surface area contributed by atoms with E-state index in [-0.39, 0.29) is 5.41 Å². The molecule has 1 rings (SSSR count). The largest absolute Gasteiger partial charge is 0.492 e. The zero-order valence-corrected chi connectivity index (χ0v) is 16.3. The third-order valence-corrected chi connectivity index (χ3v) is 3.37. The van der Waals surface area contributed by atoms with Gasteiger partial charge in [-0.1, -0.05) is 32.9 Å². The molecule has 0 saturated carbocycles. The van der Waals surface area contributed by atoms with Gasteiger partial charge in [0.05, 0.1) is 0 Å². The number of rotatable bonds is 8. The van der Waals surface area contributed by atoms with Crippen LogP contribution >= 0.6 is 0 Å². The third-order valence-electron chi connectivity index (χ3n) is 3.37. The molecule has 26 heavy (non-hydrogen) atoms. The number of hydrogen-bond donors (Lipinski definition) is 3. The molecule has 0 radical (unpaired) electrons. The summed E-state index contributed by atoms with van der Waals surface area (Å²) in [7, 11) is 1.73. The van der Waals surface area contributed by atoms with Crippen molar-refractivity contribution >= 4 is 11.9 Å². The van der Waals surface area contributed by atoms with Gasteiger partial charge in [0, 0.05) is 20.3 Å². The number of methoxy groups -OCH3 is 1. The Morgan fingerprint density at radius 3 is 2.19 bits per heavy atom. The Labute approximate surface area is 155 Å². The lowest BCUT2D eigenvalue weighted by Crippen LogP contribution is -2.23. The fraction of sp³-hybridized carbons (Fsp3) is 0.579. The molecule has 0 saturated heterocycles. The smallest absolute Gasteiger partial charge is 0.414 e. The molecule has 0 aliphatic rings. The van der Waals surface area contributed by atoms with Crippen LogP contribution in [-0.4, -0.2) is 55.6 Å². The topological polar surface area (TPSA) is 105 Å². The summed E-state index contributed by atoms with van der Waals surface area (Å²) in [6, 6.07) is 6.46. The fourth-order valence-corrected chi connectivity index (χ4v) is 2.07. The van der Waals surface area contributed by atoms with Crippen LogP contribution < -0.4 is 10.1 Å². The molecule has 1 aromatic rings. The van der Waals surface area contributed by atoms with Crippen molar-refractivity contribution in [1.82, 2.24) is 5.32 Å². The first-order chi connectivity index (χ1) is 12.1. The van der Waals surface area contributed by atoms with Crippen molar-refractivity contribution in [3.63, 3.8) is 0 Å². The van der Waals surface area contributed by atoms with Crippen LogP contribution in [0.15, 0.2) is 18.2 Å². The van der Waals surface area contributed by atoms with Crippen LogP contribution in [0.2, 0.25) is 0 Å². The van der Waals surface area contributed by atoms with Crippen molar-refractivity contribution in [2.45, 2.75) is 39.5 Å². The first kappa shape index (κ1) is 23.9. The second-order valence-corrected chi connectivity index (χ2v) is 6.80. The van der Waals surface area contributed by atoms with E-state index in [1.807, 2.05) is 0 Å². The maximum absolute atomic E-state index is 9.10. The number of aryl methyl sites for hydroxylation is 1. The van der Waals surface area contributed by atoms with Gasteiger partial charge in [-0.15, -0.1) is 0 Å². The normalized spacial score (nSPS) is 10.7. The van der Waals surface area contributed by atoms with Crippen molar-refractivity contribution in [1.29, 1.82) is 0 Å². The van der Waals surface area contributed by atoms with Crippen LogP contribution in [0.4, 0.5) is 0 Å². The van der Waals surface area contributed by atoms with E-state index in [9.17, 15) is 0 Å². The Morgan fingerprint density at radius 1 is 1.08 bits per heavy atom. The summed E-state index contributed by atoms with van der Waals surface area (Å²) >= 11 is 0. The second kappa shape index (κ2) is 12.3. The molecule has 1 aromatic carbocycles. The molecule has 0 unspecified atom stereocenters. The highest BCUT2D eigenvalue weighted by atomic mass is 16.5. The van der Waals surface area contributed by atoms with Gasteiger partial charge in [0.2, 0.25) is 0 Å². The van der Waals surface area contributed by atoms with Crippen LogP contribution in [0.5, 0.6) is 5.75 Å². The van der Waals surface area contributed by atoms with E-state index in [4.69, 9.17) is 29.3 Å². The molecule has 0 aliphatic carbocycles. The fourth-order valence-electron chi connectivity index (χ4n) is 2.07. The highest BCUT2D eigenvalue weighted by Gasteiger charge is 2.18. The molecule has 3 N–H and O–H groups in total. The molecular formula is C19H31NO6. The van der Waals surface area contributed by atoms with Crippen molar-refractivity contribution < 1.29 is 29.3 Å². The van der Waals surface area contributed by atoms with Gasteiger partial charge in [-0.3, -0.25) is 0 Å². The molecule has 0 fully saturated rings. The second-order valence-electron chi connectivity index (χ2n) is 6.80. The predicted molar refractivity (Wildman–Crippen MR) is 100 cm³/mol. The SMILES string of the molecule is COCCCNCCOc1cc(C)ccc1C(C)(C)C.O=C(O)C(=O)O.